The fourth-order valence-electron chi connectivity index (χ4n) is 1.36. The third kappa shape index (κ3) is 1.87. The number of thiazole rings is 1. The number of aromatic nitrogens is 3. The molecule has 0 aliphatic rings. The van der Waals surface area contributed by atoms with Crippen molar-refractivity contribution in [3.8, 4) is 0 Å². The van der Waals surface area contributed by atoms with Crippen LogP contribution < -0.4 is 0 Å². The molecule has 0 saturated carbocycles. The van der Waals surface area contributed by atoms with Gasteiger partial charge in [0.1, 0.15) is 5.01 Å². The Hall–Kier alpha value is -1.59. The van der Waals surface area contributed by atoms with Gasteiger partial charge in [0.05, 0.1) is 15.9 Å². The van der Waals surface area contributed by atoms with Gasteiger partial charge < -0.3 is 0 Å². The Kier molecular flexibility index (Phi) is 2.47. The topological polar surface area (TPSA) is 38.7 Å². The Morgan fingerprint density at radius 3 is 2.88 bits per heavy atom. The molecular formula is C11H7N3S2. The van der Waals surface area contributed by atoms with Gasteiger partial charge in [-0.3, -0.25) is 0 Å². The van der Waals surface area contributed by atoms with Crippen LogP contribution in [0.25, 0.3) is 22.4 Å². The fraction of sp³-hybridized carbons (Fsp3) is 0. The first kappa shape index (κ1) is 9.62. The predicted octanol–water partition coefficient (Wildman–Crippen LogP) is 3.32. The quantitative estimate of drug-likeness (QED) is 0.695. The van der Waals surface area contributed by atoms with Crippen LogP contribution in [-0.4, -0.2) is 14.6 Å². The van der Waals surface area contributed by atoms with E-state index >= 15 is 0 Å². The summed E-state index contributed by atoms with van der Waals surface area (Å²) in [4.78, 5) is 4.50. The van der Waals surface area contributed by atoms with Crippen molar-refractivity contribution < 1.29 is 0 Å². The van der Waals surface area contributed by atoms with Crippen molar-refractivity contribution in [3.63, 3.8) is 0 Å². The van der Waals surface area contributed by atoms with Crippen molar-refractivity contribution >= 4 is 45.2 Å². The largest absolute Gasteiger partial charge is 0.237 e. The molecule has 3 aromatic rings. The first-order chi connectivity index (χ1) is 7.92. The molecule has 2 heterocycles. The normalized spacial score (nSPS) is 11.5. The lowest BCUT2D eigenvalue weighted by atomic mass is 10.3. The molecule has 78 valence electrons. The summed E-state index contributed by atoms with van der Waals surface area (Å²) in [6, 6.07) is 8.13. The van der Waals surface area contributed by atoms with E-state index in [9.17, 15) is 0 Å². The van der Waals surface area contributed by atoms with Crippen LogP contribution in [0.4, 0.5) is 0 Å². The van der Waals surface area contributed by atoms with Crippen LogP contribution in [0.15, 0.2) is 29.6 Å². The molecule has 0 aliphatic heterocycles. The molecule has 0 radical (unpaired) electrons. The molecule has 0 saturated heterocycles. The van der Waals surface area contributed by atoms with Crippen LogP contribution >= 0.6 is 22.9 Å². The summed E-state index contributed by atoms with van der Waals surface area (Å²) in [5, 5.41) is 6.84. The number of hydrogen-bond donors (Lipinski definition) is 0. The molecule has 0 spiro atoms. The molecule has 3 rings (SSSR count). The predicted molar refractivity (Wildman–Crippen MR) is 68.5 cm³/mol. The Labute approximate surface area is 100 Å². The Morgan fingerprint density at radius 2 is 2.06 bits per heavy atom. The first-order valence-corrected chi connectivity index (χ1v) is 6.38. The van der Waals surface area contributed by atoms with E-state index in [0.29, 0.717) is 0 Å². The standard InChI is InChI=1S/C11H7N3S2/c1-2-4-10-9(3-1)12-11(16-10)6-5-8-7-15-14-13-8/h1-7H/b6-5+. The van der Waals surface area contributed by atoms with Crippen LogP contribution in [-0.2, 0) is 0 Å². The number of para-hydroxylation sites is 1. The highest BCUT2D eigenvalue weighted by molar-refractivity contribution is 7.19. The third-order valence-electron chi connectivity index (χ3n) is 2.08. The molecule has 1 aromatic carbocycles. The number of fused-ring (bicyclic) bond motifs is 1. The zero-order chi connectivity index (χ0) is 10.8. The van der Waals surface area contributed by atoms with E-state index in [2.05, 4.69) is 20.6 Å². The summed E-state index contributed by atoms with van der Waals surface area (Å²) >= 11 is 3.03. The second-order valence-corrected chi connectivity index (χ2v) is 4.85. The lowest BCUT2D eigenvalue weighted by molar-refractivity contribution is 1.14. The van der Waals surface area contributed by atoms with Crippen molar-refractivity contribution in [3.05, 3.63) is 40.3 Å². The molecule has 16 heavy (non-hydrogen) atoms. The van der Waals surface area contributed by atoms with E-state index in [4.69, 9.17) is 0 Å². The monoisotopic (exact) mass is 245 g/mol. The maximum atomic E-state index is 4.50. The molecule has 0 unspecified atom stereocenters. The maximum Gasteiger partial charge on any atom is 0.117 e. The van der Waals surface area contributed by atoms with Gasteiger partial charge in [-0.15, -0.1) is 16.4 Å². The summed E-state index contributed by atoms with van der Waals surface area (Å²) in [7, 11) is 0. The second kappa shape index (κ2) is 4.11. The second-order valence-electron chi connectivity index (χ2n) is 3.18. The molecular weight excluding hydrogens is 238 g/mol. The lowest BCUT2D eigenvalue weighted by Gasteiger charge is -1.80. The average Bonchev–Trinajstić information content (AvgIpc) is 2.95. The molecule has 0 fully saturated rings. The molecule has 5 heteroatoms. The zero-order valence-electron chi connectivity index (χ0n) is 8.20. The van der Waals surface area contributed by atoms with Gasteiger partial charge in [0.15, 0.2) is 0 Å². The first-order valence-electron chi connectivity index (χ1n) is 4.72. The van der Waals surface area contributed by atoms with Gasteiger partial charge in [0, 0.05) is 5.38 Å². The van der Waals surface area contributed by atoms with Gasteiger partial charge in [0.25, 0.3) is 0 Å². The van der Waals surface area contributed by atoms with Crippen molar-refractivity contribution in [2.75, 3.05) is 0 Å². The van der Waals surface area contributed by atoms with Crippen LogP contribution in [0.1, 0.15) is 10.7 Å². The molecule has 0 N–H and O–H groups in total. The number of hydrogen-bond acceptors (Lipinski definition) is 5. The minimum atomic E-state index is 0.879. The van der Waals surface area contributed by atoms with Crippen molar-refractivity contribution in [1.29, 1.82) is 0 Å². The maximum absolute atomic E-state index is 4.50. The lowest BCUT2D eigenvalue weighted by Crippen LogP contribution is -1.71. The minimum Gasteiger partial charge on any atom is -0.237 e. The van der Waals surface area contributed by atoms with E-state index in [1.54, 1.807) is 11.3 Å². The van der Waals surface area contributed by atoms with Crippen LogP contribution in [0.3, 0.4) is 0 Å². The Bertz CT molecular complexity index is 593. The molecule has 2 aromatic heterocycles. The van der Waals surface area contributed by atoms with Gasteiger partial charge in [0.2, 0.25) is 0 Å². The van der Waals surface area contributed by atoms with Crippen molar-refractivity contribution in [1.82, 2.24) is 14.6 Å². The van der Waals surface area contributed by atoms with Crippen LogP contribution in [0, 0.1) is 0 Å². The molecule has 0 bridgehead atoms. The number of benzene rings is 1. The van der Waals surface area contributed by atoms with Gasteiger partial charge in [-0.05, 0) is 35.8 Å². The number of rotatable bonds is 2. The van der Waals surface area contributed by atoms with Gasteiger partial charge in [-0.2, -0.15) is 0 Å². The van der Waals surface area contributed by atoms with E-state index in [0.717, 1.165) is 16.2 Å². The SMILES string of the molecule is C(=C\c1nc2ccccc2s1)/c1csnn1. The minimum absolute atomic E-state index is 0.879. The highest BCUT2D eigenvalue weighted by Gasteiger charge is 1.99. The van der Waals surface area contributed by atoms with E-state index in [1.807, 2.05) is 35.7 Å². The van der Waals surface area contributed by atoms with E-state index in [1.165, 1.54) is 16.2 Å². The fourth-order valence-corrected chi connectivity index (χ4v) is 2.65. The van der Waals surface area contributed by atoms with Crippen molar-refractivity contribution in [2.45, 2.75) is 0 Å². The van der Waals surface area contributed by atoms with E-state index < -0.39 is 0 Å². The summed E-state index contributed by atoms with van der Waals surface area (Å²) in [5.41, 5.74) is 1.92. The zero-order valence-corrected chi connectivity index (χ0v) is 9.83. The number of nitrogens with zero attached hydrogens (tertiary/aromatic N) is 3. The van der Waals surface area contributed by atoms with Gasteiger partial charge in [-0.25, -0.2) is 4.98 Å². The van der Waals surface area contributed by atoms with Crippen LogP contribution in [0.2, 0.25) is 0 Å². The van der Waals surface area contributed by atoms with Gasteiger partial charge >= 0.3 is 0 Å². The molecule has 0 atom stereocenters. The smallest absolute Gasteiger partial charge is 0.117 e. The van der Waals surface area contributed by atoms with E-state index in [-0.39, 0.29) is 0 Å². The average molecular weight is 245 g/mol. The van der Waals surface area contributed by atoms with Crippen LogP contribution in [0.5, 0.6) is 0 Å². The highest BCUT2D eigenvalue weighted by atomic mass is 32.1. The summed E-state index contributed by atoms with van der Waals surface area (Å²) < 4.78 is 5.01. The highest BCUT2D eigenvalue weighted by Crippen LogP contribution is 2.22. The molecule has 0 aliphatic carbocycles. The summed E-state index contributed by atoms with van der Waals surface area (Å²) in [6.45, 7) is 0. The molecule has 0 amide bonds. The Balaban J connectivity index is 1.95. The summed E-state index contributed by atoms with van der Waals surface area (Å²) in [6.07, 6.45) is 3.91. The van der Waals surface area contributed by atoms with Crippen molar-refractivity contribution in [2.24, 2.45) is 0 Å². The summed E-state index contributed by atoms with van der Waals surface area (Å²) in [5.74, 6) is 0. The third-order valence-corrected chi connectivity index (χ3v) is 3.61. The molecule has 3 nitrogen and oxygen atoms in total. The Morgan fingerprint density at radius 1 is 1.12 bits per heavy atom. The van der Waals surface area contributed by atoms with Gasteiger partial charge in [-0.1, -0.05) is 16.6 Å².